The van der Waals surface area contributed by atoms with Gasteiger partial charge in [-0.05, 0) is 17.7 Å². The Kier molecular flexibility index (Phi) is 6.54. The van der Waals surface area contributed by atoms with Gasteiger partial charge in [-0.2, -0.15) is 8.78 Å². The molecule has 1 heterocycles. The number of alkyl halides is 2. The maximum atomic E-state index is 13.5. The molecule has 2 amide bonds. The first-order chi connectivity index (χ1) is 14.0. The van der Waals surface area contributed by atoms with Gasteiger partial charge >= 0.3 is 6.55 Å². The summed E-state index contributed by atoms with van der Waals surface area (Å²) in [5.74, 6) is -0.883. The molecule has 2 N–H and O–H groups in total. The molecule has 0 saturated carbocycles. The molecule has 3 rings (SSSR count). The quantitative estimate of drug-likeness (QED) is 0.610. The molecule has 0 bridgehead atoms. The molecular weight excluding hydrogens is 378 g/mol. The maximum absolute atomic E-state index is 13.5. The number of halogens is 2. The number of para-hydroxylation sites is 2. The van der Waals surface area contributed by atoms with E-state index in [2.05, 4.69) is 15.6 Å². The Hall–Kier alpha value is -3.29. The van der Waals surface area contributed by atoms with Crippen LogP contribution in [0.4, 0.5) is 8.78 Å². The van der Waals surface area contributed by atoms with E-state index in [0.29, 0.717) is 11.0 Å². The number of hydrogen-bond acceptors (Lipinski definition) is 3. The monoisotopic (exact) mass is 400 g/mol. The molecule has 1 atom stereocenters. The Morgan fingerprint density at radius 1 is 1.00 bits per heavy atom. The molecule has 0 fully saturated rings. The number of nitrogens with one attached hydrogen (secondary N) is 2. The lowest BCUT2D eigenvalue weighted by Crippen LogP contribution is -2.39. The average molecular weight is 400 g/mol. The van der Waals surface area contributed by atoms with Crippen molar-refractivity contribution in [2.24, 2.45) is 0 Å². The van der Waals surface area contributed by atoms with Gasteiger partial charge in [0.05, 0.1) is 24.0 Å². The minimum Gasteiger partial charge on any atom is -0.354 e. The number of carbonyl (C=O) groups excluding carboxylic acids is 2. The van der Waals surface area contributed by atoms with Gasteiger partial charge in [0.25, 0.3) is 0 Å². The number of benzene rings is 2. The van der Waals surface area contributed by atoms with Crippen LogP contribution in [0.3, 0.4) is 0 Å². The summed E-state index contributed by atoms with van der Waals surface area (Å²) >= 11 is 0. The molecule has 3 aromatic rings. The van der Waals surface area contributed by atoms with Crippen LogP contribution in [0, 0.1) is 0 Å². The van der Waals surface area contributed by atoms with Gasteiger partial charge in [-0.3, -0.25) is 14.2 Å². The van der Waals surface area contributed by atoms with Crippen molar-refractivity contribution >= 4 is 22.8 Å². The molecule has 0 spiro atoms. The predicted octanol–water partition coefficient (Wildman–Crippen LogP) is 3.01. The zero-order valence-electron chi connectivity index (χ0n) is 15.9. The standard InChI is InChI=1S/C21H22F2N4O2/c1-14(20-26-16-9-5-6-10-17(16)27(20)21(22)23)12-24-19(29)13-25-18(28)11-15-7-3-2-4-8-15/h2-10,14,21H,11-13H2,1H3,(H,24,29)(H,25,28). The smallest absolute Gasteiger partial charge is 0.320 e. The Morgan fingerprint density at radius 3 is 2.41 bits per heavy atom. The lowest BCUT2D eigenvalue weighted by Gasteiger charge is -2.15. The highest BCUT2D eigenvalue weighted by atomic mass is 19.3. The number of fused-ring (bicyclic) bond motifs is 1. The molecule has 6 nitrogen and oxygen atoms in total. The fourth-order valence-corrected chi connectivity index (χ4v) is 3.06. The first-order valence-corrected chi connectivity index (χ1v) is 9.28. The number of nitrogens with zero attached hydrogens (tertiary/aromatic N) is 2. The summed E-state index contributed by atoms with van der Waals surface area (Å²) in [5, 5.41) is 5.21. The highest BCUT2D eigenvalue weighted by molar-refractivity contribution is 5.85. The van der Waals surface area contributed by atoms with E-state index in [1.165, 1.54) is 0 Å². The number of rotatable bonds is 8. The molecule has 29 heavy (non-hydrogen) atoms. The lowest BCUT2D eigenvalue weighted by molar-refractivity contribution is -0.125. The normalized spacial score (nSPS) is 12.1. The van der Waals surface area contributed by atoms with Crippen LogP contribution in [0.1, 0.15) is 30.8 Å². The summed E-state index contributed by atoms with van der Waals surface area (Å²) in [4.78, 5) is 28.2. The molecule has 8 heteroatoms. The van der Waals surface area contributed by atoms with Crippen LogP contribution in [0.5, 0.6) is 0 Å². The van der Waals surface area contributed by atoms with Gasteiger partial charge in [0.15, 0.2) is 0 Å². The third kappa shape index (κ3) is 5.16. The number of hydrogen-bond donors (Lipinski definition) is 2. The van der Waals surface area contributed by atoms with E-state index < -0.39 is 18.4 Å². The highest BCUT2D eigenvalue weighted by Gasteiger charge is 2.22. The summed E-state index contributed by atoms with van der Waals surface area (Å²) in [6.07, 6.45) is 0.183. The van der Waals surface area contributed by atoms with Gasteiger partial charge in [-0.15, -0.1) is 0 Å². The summed E-state index contributed by atoms with van der Waals surface area (Å²) in [6, 6.07) is 15.9. The number of aromatic nitrogens is 2. The van der Waals surface area contributed by atoms with Crippen LogP contribution in [-0.2, 0) is 16.0 Å². The molecular formula is C21H22F2N4O2. The molecule has 2 aromatic carbocycles. The summed E-state index contributed by atoms with van der Waals surface area (Å²) in [6.45, 7) is -1.06. The Morgan fingerprint density at radius 2 is 1.69 bits per heavy atom. The van der Waals surface area contributed by atoms with E-state index in [1.807, 2.05) is 30.3 Å². The predicted molar refractivity (Wildman–Crippen MR) is 106 cm³/mol. The van der Waals surface area contributed by atoms with Gasteiger partial charge in [0.1, 0.15) is 5.82 Å². The van der Waals surface area contributed by atoms with Gasteiger partial charge in [-0.1, -0.05) is 49.4 Å². The molecule has 1 aromatic heterocycles. The summed E-state index contributed by atoms with van der Waals surface area (Å²) in [5.41, 5.74) is 1.68. The third-order valence-corrected chi connectivity index (χ3v) is 4.52. The Balaban J connectivity index is 1.53. The second kappa shape index (κ2) is 9.27. The zero-order valence-corrected chi connectivity index (χ0v) is 15.9. The van der Waals surface area contributed by atoms with Crippen LogP contribution in [-0.4, -0.2) is 34.5 Å². The SMILES string of the molecule is CC(CNC(=O)CNC(=O)Cc1ccccc1)c1nc2ccccc2n1C(F)F. The summed E-state index contributed by atoms with van der Waals surface area (Å²) < 4.78 is 27.9. The average Bonchev–Trinajstić information content (AvgIpc) is 3.11. The third-order valence-electron chi connectivity index (χ3n) is 4.52. The Bertz CT molecular complexity index is 989. The second-order valence-electron chi connectivity index (χ2n) is 6.75. The molecule has 0 aliphatic carbocycles. The van der Waals surface area contributed by atoms with Crippen molar-refractivity contribution in [3.05, 3.63) is 66.0 Å². The van der Waals surface area contributed by atoms with E-state index in [-0.39, 0.29) is 31.2 Å². The van der Waals surface area contributed by atoms with Gasteiger partial charge in [0, 0.05) is 12.5 Å². The highest BCUT2D eigenvalue weighted by Crippen LogP contribution is 2.27. The van der Waals surface area contributed by atoms with Crippen LogP contribution >= 0.6 is 0 Å². The van der Waals surface area contributed by atoms with Crippen molar-refractivity contribution in [1.82, 2.24) is 20.2 Å². The van der Waals surface area contributed by atoms with Crippen LogP contribution < -0.4 is 10.6 Å². The zero-order chi connectivity index (χ0) is 20.8. The van der Waals surface area contributed by atoms with Crippen molar-refractivity contribution in [2.75, 3.05) is 13.1 Å². The Labute approximate surface area is 166 Å². The number of imidazole rings is 1. The molecule has 0 aliphatic rings. The van der Waals surface area contributed by atoms with Crippen molar-refractivity contribution in [2.45, 2.75) is 25.8 Å². The number of amides is 2. The van der Waals surface area contributed by atoms with Crippen LogP contribution in [0.15, 0.2) is 54.6 Å². The number of carbonyl (C=O) groups is 2. The van der Waals surface area contributed by atoms with Gasteiger partial charge in [0.2, 0.25) is 11.8 Å². The lowest BCUT2D eigenvalue weighted by atomic mass is 10.1. The molecule has 0 aliphatic heterocycles. The van der Waals surface area contributed by atoms with Gasteiger partial charge < -0.3 is 10.6 Å². The van der Waals surface area contributed by atoms with E-state index in [0.717, 1.165) is 10.1 Å². The second-order valence-corrected chi connectivity index (χ2v) is 6.75. The van der Waals surface area contributed by atoms with E-state index in [9.17, 15) is 18.4 Å². The topological polar surface area (TPSA) is 76.0 Å². The fourth-order valence-electron chi connectivity index (χ4n) is 3.06. The van der Waals surface area contributed by atoms with E-state index in [4.69, 9.17) is 0 Å². The largest absolute Gasteiger partial charge is 0.354 e. The molecule has 0 radical (unpaired) electrons. The van der Waals surface area contributed by atoms with E-state index in [1.54, 1.807) is 31.2 Å². The first kappa shape index (κ1) is 20.4. The maximum Gasteiger partial charge on any atom is 0.320 e. The first-order valence-electron chi connectivity index (χ1n) is 9.28. The van der Waals surface area contributed by atoms with Crippen molar-refractivity contribution in [1.29, 1.82) is 0 Å². The van der Waals surface area contributed by atoms with Crippen LogP contribution in [0.25, 0.3) is 11.0 Å². The minimum absolute atomic E-state index is 0.128. The van der Waals surface area contributed by atoms with Gasteiger partial charge in [-0.25, -0.2) is 4.98 Å². The van der Waals surface area contributed by atoms with Crippen molar-refractivity contribution in [3.63, 3.8) is 0 Å². The van der Waals surface area contributed by atoms with Crippen molar-refractivity contribution < 1.29 is 18.4 Å². The minimum atomic E-state index is -2.73. The van der Waals surface area contributed by atoms with E-state index >= 15 is 0 Å². The fraction of sp³-hybridized carbons (Fsp3) is 0.286. The van der Waals surface area contributed by atoms with Crippen LogP contribution in [0.2, 0.25) is 0 Å². The van der Waals surface area contributed by atoms with Crippen molar-refractivity contribution in [3.8, 4) is 0 Å². The summed E-state index contributed by atoms with van der Waals surface area (Å²) in [7, 11) is 0. The molecule has 152 valence electrons. The molecule has 0 saturated heterocycles. The molecule has 1 unspecified atom stereocenters.